The number of aromatic nitrogens is 1. The third kappa shape index (κ3) is 5.68. The van der Waals surface area contributed by atoms with Crippen LogP contribution in [0.15, 0.2) is 30.3 Å². The Kier molecular flexibility index (Phi) is 6.78. The van der Waals surface area contributed by atoms with Crippen LogP contribution in [0, 0.1) is 20.8 Å². The Bertz CT molecular complexity index is 1290. The number of alkyl halides is 3. The number of nitrogens with one attached hydrogen (secondary N) is 2. The van der Waals surface area contributed by atoms with Gasteiger partial charge in [-0.3, -0.25) is 4.79 Å². The third-order valence-electron chi connectivity index (χ3n) is 5.48. The smallest absolute Gasteiger partial charge is 0.417 e. The lowest BCUT2D eigenvalue weighted by Gasteiger charge is -2.12. The van der Waals surface area contributed by atoms with E-state index >= 15 is 0 Å². The largest absolute Gasteiger partial charge is 0.494 e. The van der Waals surface area contributed by atoms with Crippen molar-refractivity contribution in [3.05, 3.63) is 63.8 Å². The van der Waals surface area contributed by atoms with Crippen molar-refractivity contribution in [1.82, 2.24) is 9.71 Å². The van der Waals surface area contributed by atoms with Crippen molar-refractivity contribution < 1.29 is 31.1 Å². The van der Waals surface area contributed by atoms with Gasteiger partial charge in [0, 0.05) is 10.9 Å². The summed E-state index contributed by atoms with van der Waals surface area (Å²) in [5, 5.41) is -0.148. The number of fused-ring (bicyclic) bond motifs is 1. The van der Waals surface area contributed by atoms with E-state index in [4.69, 9.17) is 4.74 Å². The van der Waals surface area contributed by atoms with Gasteiger partial charge in [-0.15, -0.1) is 0 Å². The Balaban J connectivity index is 1.92. The Labute approximate surface area is 190 Å². The Hall–Kier alpha value is -3.01. The van der Waals surface area contributed by atoms with Crippen LogP contribution in [0.2, 0.25) is 0 Å². The average molecular weight is 483 g/mol. The summed E-state index contributed by atoms with van der Waals surface area (Å²) >= 11 is 0. The second kappa shape index (κ2) is 9.09. The van der Waals surface area contributed by atoms with Gasteiger partial charge in [0.25, 0.3) is 5.91 Å². The van der Waals surface area contributed by atoms with Gasteiger partial charge in [0.2, 0.25) is 10.0 Å². The fraction of sp³-hybridized carbons (Fsp3) is 0.348. The van der Waals surface area contributed by atoms with Crippen LogP contribution >= 0.6 is 0 Å². The van der Waals surface area contributed by atoms with E-state index in [1.807, 2.05) is 37.6 Å². The van der Waals surface area contributed by atoms with Gasteiger partial charge in [0.05, 0.1) is 18.4 Å². The summed E-state index contributed by atoms with van der Waals surface area (Å²) in [6, 6.07) is 7.36. The van der Waals surface area contributed by atoms with Crippen molar-refractivity contribution in [3.8, 4) is 5.75 Å². The fourth-order valence-corrected chi connectivity index (χ4v) is 4.17. The van der Waals surface area contributed by atoms with Crippen molar-refractivity contribution >= 4 is 26.8 Å². The van der Waals surface area contributed by atoms with Gasteiger partial charge in [0.1, 0.15) is 11.4 Å². The maximum atomic E-state index is 13.7. The molecule has 0 saturated carbocycles. The highest BCUT2D eigenvalue weighted by atomic mass is 32.2. The van der Waals surface area contributed by atoms with Gasteiger partial charge >= 0.3 is 6.18 Å². The van der Waals surface area contributed by atoms with E-state index in [9.17, 15) is 26.4 Å². The average Bonchev–Trinajstić information content (AvgIpc) is 3.06. The summed E-state index contributed by atoms with van der Waals surface area (Å²) in [5.41, 5.74) is 2.38. The zero-order chi connectivity index (χ0) is 24.6. The number of aromatic amines is 1. The molecule has 33 heavy (non-hydrogen) atoms. The second-order valence-corrected chi connectivity index (χ2v) is 9.79. The van der Waals surface area contributed by atoms with Crippen LogP contribution < -0.4 is 9.46 Å². The molecule has 0 spiro atoms. The van der Waals surface area contributed by atoms with Crippen LogP contribution in [0.5, 0.6) is 5.75 Å². The van der Waals surface area contributed by atoms with Gasteiger partial charge in [-0.05, 0) is 80.1 Å². The number of amides is 1. The number of benzene rings is 2. The molecule has 0 bridgehead atoms. The highest BCUT2D eigenvalue weighted by molar-refractivity contribution is 7.89. The van der Waals surface area contributed by atoms with Crippen LogP contribution in [0.4, 0.5) is 13.2 Å². The molecule has 2 N–H and O–H groups in total. The molecule has 1 heterocycles. The van der Waals surface area contributed by atoms with E-state index in [1.54, 1.807) is 0 Å². The second-order valence-electron chi connectivity index (χ2n) is 8.04. The molecule has 0 aliphatic rings. The molecule has 0 fully saturated rings. The zero-order valence-electron chi connectivity index (χ0n) is 18.7. The van der Waals surface area contributed by atoms with Crippen LogP contribution in [0.1, 0.15) is 44.7 Å². The number of carbonyl (C=O) groups is 1. The van der Waals surface area contributed by atoms with Crippen molar-refractivity contribution in [2.24, 2.45) is 0 Å². The summed E-state index contributed by atoms with van der Waals surface area (Å²) in [6.07, 6.45) is -3.46. The molecule has 178 valence electrons. The predicted molar refractivity (Wildman–Crippen MR) is 120 cm³/mol. The molecule has 0 atom stereocenters. The van der Waals surface area contributed by atoms with Gasteiger partial charge in [-0.25, -0.2) is 13.1 Å². The molecular weight excluding hydrogens is 457 g/mol. The highest BCUT2D eigenvalue weighted by Crippen LogP contribution is 2.38. The summed E-state index contributed by atoms with van der Waals surface area (Å²) in [7, 11) is -3.90. The predicted octanol–water partition coefficient (Wildman–Crippen LogP) is 4.81. The molecule has 0 saturated heterocycles. The van der Waals surface area contributed by atoms with E-state index in [0.717, 1.165) is 29.0 Å². The lowest BCUT2D eigenvalue weighted by Crippen LogP contribution is -2.30. The van der Waals surface area contributed by atoms with Crippen LogP contribution in [-0.2, 0) is 22.6 Å². The number of H-pyrrole nitrogens is 1. The van der Waals surface area contributed by atoms with Gasteiger partial charge in [0.15, 0.2) is 0 Å². The molecule has 1 aromatic heterocycles. The molecule has 1 amide bonds. The zero-order valence-corrected chi connectivity index (χ0v) is 19.5. The number of carbonyl (C=O) groups excluding carboxylic acids is 1. The topological polar surface area (TPSA) is 88.3 Å². The standard InChI is InChI=1S/C23H25F3N2O4S/c1-13-11-16(12-14(2)15(13)3)32-10-6-7-17-20-18(23(24,25)26)8-5-9-19(20)27-21(17)22(29)28-33(4,30)31/h5,8-9,11-12,27H,6-7,10H2,1-4H3,(H,28,29). The number of halogens is 3. The molecule has 2 aromatic carbocycles. The van der Waals surface area contributed by atoms with Gasteiger partial charge < -0.3 is 9.72 Å². The molecular formula is C23H25F3N2O4S. The monoisotopic (exact) mass is 482 g/mol. The molecule has 0 aliphatic carbocycles. The first-order valence-corrected chi connectivity index (χ1v) is 12.1. The van der Waals surface area contributed by atoms with Crippen molar-refractivity contribution in [1.29, 1.82) is 0 Å². The van der Waals surface area contributed by atoms with Crippen LogP contribution in [0.3, 0.4) is 0 Å². The molecule has 0 unspecified atom stereocenters. The van der Waals surface area contributed by atoms with Crippen molar-refractivity contribution in [2.45, 2.75) is 39.8 Å². The first kappa shape index (κ1) is 24.6. The number of aryl methyl sites for hydroxylation is 3. The molecule has 10 heteroatoms. The number of sulfonamides is 1. The first-order chi connectivity index (χ1) is 15.3. The minimum absolute atomic E-state index is 0.0729. The SMILES string of the molecule is Cc1cc(OCCCc2c(C(=O)NS(C)(=O)=O)[nH]c3cccc(C(F)(F)F)c23)cc(C)c1C. The molecule has 3 aromatic rings. The third-order valence-corrected chi connectivity index (χ3v) is 6.03. The number of hydrogen-bond donors (Lipinski definition) is 2. The molecule has 3 rings (SSSR count). The van der Waals surface area contributed by atoms with Gasteiger partial charge in [-0.1, -0.05) is 6.07 Å². The highest BCUT2D eigenvalue weighted by Gasteiger charge is 2.35. The number of hydrogen-bond acceptors (Lipinski definition) is 4. The molecule has 0 radical (unpaired) electrons. The maximum absolute atomic E-state index is 13.7. The summed E-state index contributed by atoms with van der Waals surface area (Å²) in [5.74, 6) is -0.358. The Morgan fingerprint density at radius 3 is 2.33 bits per heavy atom. The summed E-state index contributed by atoms with van der Waals surface area (Å²) in [6.45, 7) is 6.14. The van der Waals surface area contributed by atoms with E-state index < -0.39 is 27.7 Å². The Morgan fingerprint density at radius 2 is 1.76 bits per heavy atom. The maximum Gasteiger partial charge on any atom is 0.417 e. The normalized spacial score (nSPS) is 12.2. The number of rotatable bonds is 7. The van der Waals surface area contributed by atoms with Crippen molar-refractivity contribution in [2.75, 3.05) is 12.9 Å². The van der Waals surface area contributed by atoms with Crippen LogP contribution in [0.25, 0.3) is 10.9 Å². The Morgan fingerprint density at radius 1 is 1.12 bits per heavy atom. The quantitative estimate of drug-likeness (QED) is 0.473. The lowest BCUT2D eigenvalue weighted by atomic mass is 10.0. The fourth-order valence-electron chi connectivity index (χ4n) is 3.73. The minimum atomic E-state index is -4.64. The van der Waals surface area contributed by atoms with Crippen LogP contribution in [-0.4, -0.2) is 32.2 Å². The van der Waals surface area contributed by atoms with E-state index in [2.05, 4.69) is 4.98 Å². The molecule has 6 nitrogen and oxygen atoms in total. The van der Waals surface area contributed by atoms with E-state index in [1.165, 1.54) is 12.1 Å². The van der Waals surface area contributed by atoms with E-state index in [0.29, 0.717) is 12.2 Å². The van der Waals surface area contributed by atoms with Gasteiger partial charge in [-0.2, -0.15) is 13.2 Å². The van der Waals surface area contributed by atoms with E-state index in [-0.39, 0.29) is 35.2 Å². The lowest BCUT2D eigenvalue weighted by molar-refractivity contribution is -0.136. The number of ether oxygens (including phenoxy) is 1. The molecule has 0 aliphatic heterocycles. The summed E-state index contributed by atoms with van der Waals surface area (Å²) < 4.78 is 71.6. The summed E-state index contributed by atoms with van der Waals surface area (Å²) in [4.78, 5) is 15.2. The first-order valence-electron chi connectivity index (χ1n) is 10.2. The van der Waals surface area contributed by atoms with Crippen molar-refractivity contribution in [3.63, 3.8) is 0 Å². The minimum Gasteiger partial charge on any atom is -0.494 e.